The number of para-hydroxylation sites is 3. The number of hydrogen-bond acceptors (Lipinski definition) is 5. The van der Waals surface area contributed by atoms with Gasteiger partial charge >= 0.3 is 5.69 Å². The predicted molar refractivity (Wildman–Crippen MR) is 118 cm³/mol. The van der Waals surface area contributed by atoms with Crippen LogP contribution in [0, 0.1) is 5.92 Å². The largest absolute Gasteiger partial charge is 0.477 e. The maximum absolute atomic E-state index is 13.2. The molecule has 2 aromatic carbocycles. The van der Waals surface area contributed by atoms with Gasteiger partial charge in [0.15, 0.2) is 5.82 Å². The van der Waals surface area contributed by atoms with E-state index in [1.807, 2.05) is 53.1 Å². The molecule has 3 heterocycles. The molecule has 0 N–H and O–H groups in total. The first kappa shape index (κ1) is 18.6. The van der Waals surface area contributed by atoms with E-state index in [9.17, 15) is 4.79 Å². The molecule has 0 spiro atoms. The van der Waals surface area contributed by atoms with Crippen LogP contribution in [0.2, 0.25) is 0 Å². The summed E-state index contributed by atoms with van der Waals surface area (Å²) >= 11 is 0. The summed E-state index contributed by atoms with van der Waals surface area (Å²) in [6.45, 7) is 2.40. The molecule has 158 valence electrons. The van der Waals surface area contributed by atoms with E-state index < -0.39 is 0 Å². The molecule has 31 heavy (non-hydrogen) atoms. The average molecular weight is 416 g/mol. The molecule has 7 heteroatoms. The average Bonchev–Trinajstić information content (AvgIpc) is 3.41. The molecule has 1 unspecified atom stereocenters. The number of imidazole rings is 1. The Balaban J connectivity index is 1.40. The number of aromatic nitrogens is 4. The third-order valence-electron chi connectivity index (χ3n) is 6.17. The predicted octanol–water partition coefficient (Wildman–Crippen LogP) is 3.54. The highest BCUT2D eigenvalue weighted by atomic mass is 16.5. The van der Waals surface area contributed by atoms with Crippen molar-refractivity contribution in [2.75, 3.05) is 19.8 Å². The van der Waals surface area contributed by atoms with E-state index in [4.69, 9.17) is 19.4 Å². The summed E-state index contributed by atoms with van der Waals surface area (Å²) < 4.78 is 15.3. The highest BCUT2D eigenvalue weighted by molar-refractivity contribution is 5.83. The second-order valence-electron chi connectivity index (χ2n) is 8.46. The molecule has 1 saturated carbocycles. The van der Waals surface area contributed by atoms with Gasteiger partial charge in [-0.05, 0) is 43.5 Å². The van der Waals surface area contributed by atoms with Gasteiger partial charge in [0.2, 0.25) is 5.88 Å². The van der Waals surface area contributed by atoms with Crippen LogP contribution in [0.15, 0.2) is 53.3 Å². The lowest BCUT2D eigenvalue weighted by Crippen LogP contribution is -2.25. The Morgan fingerprint density at radius 2 is 1.81 bits per heavy atom. The van der Waals surface area contributed by atoms with Gasteiger partial charge in [-0.3, -0.25) is 9.13 Å². The maximum Gasteiger partial charge on any atom is 0.329 e. The van der Waals surface area contributed by atoms with Crippen LogP contribution in [0.4, 0.5) is 0 Å². The second kappa shape index (κ2) is 7.50. The van der Waals surface area contributed by atoms with Crippen molar-refractivity contribution in [2.45, 2.75) is 31.8 Å². The molecule has 1 saturated heterocycles. The third kappa shape index (κ3) is 3.39. The van der Waals surface area contributed by atoms with Crippen LogP contribution in [0.1, 0.15) is 31.1 Å². The minimum Gasteiger partial charge on any atom is -0.477 e. The van der Waals surface area contributed by atoms with Crippen molar-refractivity contribution in [3.63, 3.8) is 0 Å². The van der Waals surface area contributed by atoms with Crippen LogP contribution in [0.3, 0.4) is 0 Å². The first-order valence-electron chi connectivity index (χ1n) is 10.9. The van der Waals surface area contributed by atoms with Gasteiger partial charge in [-0.1, -0.05) is 24.3 Å². The monoisotopic (exact) mass is 416 g/mol. The fourth-order valence-corrected chi connectivity index (χ4v) is 4.40. The molecule has 6 rings (SSSR count). The Hall–Kier alpha value is -3.19. The van der Waals surface area contributed by atoms with Crippen LogP contribution in [-0.2, 0) is 11.3 Å². The molecule has 2 fully saturated rings. The minimum atomic E-state index is 0.00558. The van der Waals surface area contributed by atoms with Crippen molar-refractivity contribution in [3.05, 3.63) is 64.8 Å². The smallest absolute Gasteiger partial charge is 0.329 e. The van der Waals surface area contributed by atoms with Crippen molar-refractivity contribution in [2.24, 2.45) is 5.92 Å². The Morgan fingerprint density at radius 3 is 2.61 bits per heavy atom. The molecule has 1 aliphatic carbocycles. The maximum atomic E-state index is 13.2. The van der Waals surface area contributed by atoms with Gasteiger partial charge < -0.3 is 9.47 Å². The lowest BCUT2D eigenvalue weighted by molar-refractivity contribution is 0.166. The molecule has 1 atom stereocenters. The number of ether oxygens (including phenoxy) is 2. The van der Waals surface area contributed by atoms with Crippen LogP contribution < -0.4 is 10.4 Å². The fourth-order valence-electron chi connectivity index (χ4n) is 4.40. The van der Waals surface area contributed by atoms with E-state index >= 15 is 0 Å². The zero-order chi connectivity index (χ0) is 20.8. The van der Waals surface area contributed by atoms with E-state index in [1.54, 1.807) is 4.57 Å². The molecular weight excluding hydrogens is 392 g/mol. The quantitative estimate of drug-likeness (QED) is 0.481. The number of benzene rings is 2. The number of rotatable bonds is 6. The number of fused-ring (bicyclic) bond motifs is 2. The number of nitrogens with zero attached hydrogens (tertiary/aromatic N) is 4. The minimum absolute atomic E-state index is 0.00558. The van der Waals surface area contributed by atoms with Gasteiger partial charge in [0.05, 0.1) is 41.7 Å². The standard InChI is InChI=1S/C24H24N4O3/c29-24-27(20-7-3-4-8-21(20)28(24)17-9-10-17)13-22-25-19-6-2-1-5-18(19)23(26-22)31-15-16-11-12-30-14-16/h1-8,16-17H,9-15H2. The van der Waals surface area contributed by atoms with E-state index in [0.717, 1.165) is 54.4 Å². The molecular formula is C24H24N4O3. The van der Waals surface area contributed by atoms with Crippen LogP contribution in [0.5, 0.6) is 5.88 Å². The lowest BCUT2D eigenvalue weighted by atomic mass is 10.1. The van der Waals surface area contributed by atoms with E-state index in [-0.39, 0.29) is 5.69 Å². The zero-order valence-electron chi connectivity index (χ0n) is 17.2. The Morgan fingerprint density at radius 1 is 1.00 bits per heavy atom. The molecule has 0 radical (unpaired) electrons. The Bertz CT molecular complexity index is 1320. The molecule has 2 aromatic heterocycles. The summed E-state index contributed by atoms with van der Waals surface area (Å²) in [6.07, 6.45) is 3.12. The Kier molecular flexibility index (Phi) is 4.49. The van der Waals surface area contributed by atoms with Crippen LogP contribution >= 0.6 is 0 Å². The van der Waals surface area contributed by atoms with Gasteiger partial charge in [-0.15, -0.1) is 0 Å². The first-order valence-corrected chi connectivity index (χ1v) is 10.9. The van der Waals surface area contributed by atoms with Gasteiger partial charge in [-0.25, -0.2) is 9.78 Å². The number of hydrogen-bond donors (Lipinski definition) is 0. The first-order chi connectivity index (χ1) is 15.3. The summed E-state index contributed by atoms with van der Waals surface area (Å²) in [5, 5.41) is 0.887. The SMILES string of the molecule is O=c1n(Cc2nc(OCC3CCOC3)c3ccccc3n2)c2ccccc2n1C1CC1. The summed E-state index contributed by atoms with van der Waals surface area (Å²) in [4.78, 5) is 22.7. The highest BCUT2D eigenvalue weighted by Crippen LogP contribution is 2.36. The summed E-state index contributed by atoms with van der Waals surface area (Å²) in [7, 11) is 0. The topological polar surface area (TPSA) is 71.2 Å². The molecule has 1 aliphatic heterocycles. The molecule has 2 aliphatic rings. The molecule has 7 nitrogen and oxygen atoms in total. The second-order valence-corrected chi connectivity index (χ2v) is 8.46. The Labute approximate surface area is 179 Å². The van der Waals surface area contributed by atoms with Crippen LogP contribution in [0.25, 0.3) is 21.9 Å². The van der Waals surface area contributed by atoms with Gasteiger partial charge in [-0.2, -0.15) is 4.98 Å². The van der Waals surface area contributed by atoms with E-state index in [0.29, 0.717) is 36.8 Å². The summed E-state index contributed by atoms with van der Waals surface area (Å²) in [5.74, 6) is 1.54. The van der Waals surface area contributed by atoms with E-state index in [1.165, 1.54) is 0 Å². The summed E-state index contributed by atoms with van der Waals surface area (Å²) in [6, 6.07) is 16.1. The molecule has 0 bridgehead atoms. The molecule has 4 aromatic rings. The zero-order valence-corrected chi connectivity index (χ0v) is 17.2. The van der Waals surface area contributed by atoms with Crippen LogP contribution in [-0.4, -0.2) is 38.9 Å². The highest BCUT2D eigenvalue weighted by Gasteiger charge is 2.29. The third-order valence-corrected chi connectivity index (χ3v) is 6.17. The fraction of sp³-hybridized carbons (Fsp3) is 0.375. The van der Waals surface area contributed by atoms with Crippen molar-refractivity contribution < 1.29 is 9.47 Å². The van der Waals surface area contributed by atoms with Crippen molar-refractivity contribution in [1.29, 1.82) is 0 Å². The van der Waals surface area contributed by atoms with Gasteiger partial charge in [0.25, 0.3) is 0 Å². The molecule has 0 amide bonds. The van der Waals surface area contributed by atoms with Gasteiger partial charge in [0.1, 0.15) is 0 Å². The van der Waals surface area contributed by atoms with Crippen molar-refractivity contribution >= 4 is 21.9 Å². The lowest BCUT2D eigenvalue weighted by Gasteiger charge is -2.13. The normalized spacial score (nSPS) is 18.8. The summed E-state index contributed by atoms with van der Waals surface area (Å²) in [5.41, 5.74) is 2.73. The van der Waals surface area contributed by atoms with Gasteiger partial charge in [0, 0.05) is 18.6 Å². The van der Waals surface area contributed by atoms with Crippen molar-refractivity contribution in [1.82, 2.24) is 19.1 Å². The van der Waals surface area contributed by atoms with E-state index in [2.05, 4.69) is 0 Å². The van der Waals surface area contributed by atoms with Crippen molar-refractivity contribution in [3.8, 4) is 5.88 Å².